The summed E-state index contributed by atoms with van der Waals surface area (Å²) in [5.41, 5.74) is -11.3. The third-order valence-electron chi connectivity index (χ3n) is 0.567. The summed E-state index contributed by atoms with van der Waals surface area (Å²) in [5.74, 6) is 0. The van der Waals surface area contributed by atoms with E-state index < -0.39 is 31.3 Å². The van der Waals surface area contributed by atoms with E-state index in [2.05, 4.69) is 0 Å². The van der Waals surface area contributed by atoms with Gasteiger partial charge in [-0.15, -0.1) is 0 Å². The first-order valence-corrected chi connectivity index (χ1v) is 5.36. The molecular formula is C2F6O6S2Zn. The first kappa shape index (κ1) is 22.2. The van der Waals surface area contributed by atoms with Crippen LogP contribution in [0.25, 0.3) is 0 Å². The molecular weight excluding hydrogens is 364 g/mol. The fourth-order valence-corrected chi connectivity index (χ4v) is 0. The molecule has 0 rings (SSSR count). The van der Waals surface area contributed by atoms with Crippen LogP contribution in [0.3, 0.4) is 0 Å². The van der Waals surface area contributed by atoms with Gasteiger partial charge in [0, 0.05) is 0 Å². The van der Waals surface area contributed by atoms with E-state index >= 15 is 0 Å². The maximum Gasteiger partial charge on any atom is 2.00 e. The van der Waals surface area contributed by atoms with Crippen molar-refractivity contribution in [2.75, 3.05) is 0 Å². The van der Waals surface area contributed by atoms with Crippen LogP contribution in [-0.2, 0) is 39.7 Å². The van der Waals surface area contributed by atoms with Crippen molar-refractivity contribution in [3.63, 3.8) is 0 Å². The minimum atomic E-state index is -6.09. The quantitative estimate of drug-likeness (QED) is 0.261. The van der Waals surface area contributed by atoms with Gasteiger partial charge in [0.15, 0.2) is 20.2 Å². The Hall–Kier alpha value is 0.0234. The van der Waals surface area contributed by atoms with E-state index in [9.17, 15) is 26.3 Å². The Labute approximate surface area is 103 Å². The minimum Gasteiger partial charge on any atom is -0.741 e. The number of hydrogen-bond acceptors (Lipinski definition) is 6. The first-order chi connectivity index (χ1) is 6.50. The van der Waals surface area contributed by atoms with Gasteiger partial charge in [-0.3, -0.25) is 0 Å². The molecule has 0 atom stereocenters. The molecule has 0 aliphatic heterocycles. The van der Waals surface area contributed by atoms with Gasteiger partial charge >= 0.3 is 30.5 Å². The van der Waals surface area contributed by atoms with Crippen LogP contribution in [0.15, 0.2) is 0 Å². The van der Waals surface area contributed by atoms with E-state index in [0.29, 0.717) is 0 Å². The molecule has 17 heavy (non-hydrogen) atoms. The zero-order valence-corrected chi connectivity index (χ0v) is 11.8. The standard InChI is InChI=1S/2CHF3O3S.Zn/c2*2-1(3,4)8(5,6)7;/h2*(H,5,6,7);/q;;+2/p-2. The van der Waals surface area contributed by atoms with Crippen LogP contribution in [0.5, 0.6) is 0 Å². The fourth-order valence-electron chi connectivity index (χ4n) is 0. The summed E-state index contributed by atoms with van der Waals surface area (Å²) >= 11 is 0. The van der Waals surface area contributed by atoms with Crippen LogP contribution >= 0.6 is 0 Å². The zero-order chi connectivity index (χ0) is 14.0. The molecule has 0 bridgehead atoms. The average molecular weight is 364 g/mol. The van der Waals surface area contributed by atoms with Gasteiger partial charge in [0.1, 0.15) is 0 Å². The molecule has 0 unspecified atom stereocenters. The maximum absolute atomic E-state index is 10.7. The molecule has 0 aromatic rings. The van der Waals surface area contributed by atoms with Crippen molar-refractivity contribution in [2.24, 2.45) is 0 Å². The number of alkyl halides is 6. The van der Waals surface area contributed by atoms with Gasteiger partial charge < -0.3 is 9.11 Å². The normalized spacial score (nSPS) is 13.2. The molecule has 0 spiro atoms. The fraction of sp³-hybridized carbons (Fsp3) is 1.00. The number of halogens is 6. The molecule has 6 nitrogen and oxygen atoms in total. The smallest absolute Gasteiger partial charge is 0.741 e. The first-order valence-electron chi connectivity index (χ1n) is 2.54. The van der Waals surface area contributed by atoms with Gasteiger partial charge in [-0.25, -0.2) is 16.8 Å². The van der Waals surface area contributed by atoms with Crippen molar-refractivity contribution >= 4 is 20.2 Å². The van der Waals surface area contributed by atoms with Crippen LogP contribution in [0, 0.1) is 0 Å². The van der Waals surface area contributed by atoms with Crippen molar-refractivity contribution in [2.45, 2.75) is 11.0 Å². The molecule has 0 amide bonds. The Morgan fingerprint density at radius 3 is 0.706 bits per heavy atom. The summed E-state index contributed by atoms with van der Waals surface area (Å²) in [7, 11) is -12.2. The molecule has 0 fully saturated rings. The molecule has 0 radical (unpaired) electrons. The molecule has 0 aromatic carbocycles. The summed E-state index contributed by atoms with van der Waals surface area (Å²) in [5, 5.41) is 0. The molecule has 0 heterocycles. The summed E-state index contributed by atoms with van der Waals surface area (Å²) in [6.45, 7) is 0. The number of hydrogen-bond donors (Lipinski definition) is 0. The second-order valence-electron chi connectivity index (χ2n) is 1.80. The molecule has 0 aliphatic carbocycles. The second kappa shape index (κ2) is 6.27. The van der Waals surface area contributed by atoms with Crippen molar-refractivity contribution in [1.29, 1.82) is 0 Å². The summed E-state index contributed by atoms with van der Waals surface area (Å²) in [4.78, 5) is 0. The van der Waals surface area contributed by atoms with Gasteiger partial charge in [-0.05, 0) is 0 Å². The van der Waals surface area contributed by atoms with E-state index in [-0.39, 0.29) is 19.5 Å². The SMILES string of the molecule is O=S(=O)([O-])C(F)(F)F.O=S(=O)([O-])C(F)(F)F.[Zn+2]. The Morgan fingerprint density at radius 1 is 0.647 bits per heavy atom. The molecule has 100 valence electrons. The zero-order valence-electron chi connectivity index (χ0n) is 7.24. The van der Waals surface area contributed by atoms with E-state index in [4.69, 9.17) is 25.9 Å². The van der Waals surface area contributed by atoms with Crippen molar-refractivity contribution in [3.05, 3.63) is 0 Å². The summed E-state index contributed by atoms with van der Waals surface area (Å²) in [6, 6.07) is 0. The third kappa shape index (κ3) is 9.70. The van der Waals surface area contributed by atoms with Crippen LogP contribution < -0.4 is 0 Å². The van der Waals surface area contributed by atoms with E-state index in [1.54, 1.807) is 0 Å². The third-order valence-corrected chi connectivity index (χ3v) is 1.70. The van der Waals surface area contributed by atoms with Crippen molar-refractivity contribution < 1.29 is 71.8 Å². The molecule has 15 heteroatoms. The molecule has 0 aliphatic rings. The predicted octanol–water partition coefficient (Wildman–Crippen LogP) is 0.100. The largest absolute Gasteiger partial charge is 2.00 e. The van der Waals surface area contributed by atoms with Gasteiger partial charge in [0.2, 0.25) is 0 Å². The molecule has 0 N–H and O–H groups in total. The predicted molar refractivity (Wildman–Crippen MR) is 31.5 cm³/mol. The average Bonchev–Trinajstić information content (AvgIpc) is 1.77. The van der Waals surface area contributed by atoms with Crippen LogP contribution in [0.2, 0.25) is 0 Å². The van der Waals surface area contributed by atoms with Crippen molar-refractivity contribution in [1.82, 2.24) is 0 Å². The van der Waals surface area contributed by atoms with Crippen LogP contribution in [0.1, 0.15) is 0 Å². The van der Waals surface area contributed by atoms with E-state index in [1.165, 1.54) is 0 Å². The topological polar surface area (TPSA) is 114 Å². The van der Waals surface area contributed by atoms with Crippen LogP contribution in [0.4, 0.5) is 26.3 Å². The Kier molecular flexibility index (Phi) is 8.19. The van der Waals surface area contributed by atoms with Gasteiger partial charge in [0.05, 0.1) is 0 Å². The summed E-state index contributed by atoms with van der Waals surface area (Å²) < 4.78 is 118. The summed E-state index contributed by atoms with van der Waals surface area (Å²) in [6.07, 6.45) is 0. The second-order valence-corrected chi connectivity index (χ2v) is 4.54. The van der Waals surface area contributed by atoms with Crippen LogP contribution in [-0.4, -0.2) is 37.0 Å². The Balaban J connectivity index is -0.000000218. The van der Waals surface area contributed by atoms with Gasteiger partial charge in [-0.1, -0.05) is 0 Å². The Bertz CT molecular complexity index is 374. The van der Waals surface area contributed by atoms with Gasteiger partial charge in [0.25, 0.3) is 0 Å². The van der Waals surface area contributed by atoms with E-state index in [1.807, 2.05) is 0 Å². The maximum atomic E-state index is 10.7. The molecule has 0 saturated carbocycles. The van der Waals surface area contributed by atoms with Gasteiger partial charge in [-0.2, -0.15) is 26.3 Å². The molecule has 0 saturated heterocycles. The number of rotatable bonds is 0. The minimum absolute atomic E-state index is 0. The Morgan fingerprint density at radius 2 is 0.706 bits per heavy atom. The molecule has 0 aromatic heterocycles. The van der Waals surface area contributed by atoms with E-state index in [0.717, 1.165) is 0 Å². The van der Waals surface area contributed by atoms with Crippen molar-refractivity contribution in [3.8, 4) is 0 Å². The monoisotopic (exact) mass is 362 g/mol.